The summed E-state index contributed by atoms with van der Waals surface area (Å²) >= 11 is 0. The Morgan fingerprint density at radius 1 is 1.53 bits per heavy atom. The molecule has 1 unspecified atom stereocenters. The molecule has 1 aliphatic heterocycles. The van der Waals surface area contributed by atoms with Gasteiger partial charge in [0, 0.05) is 18.7 Å². The molecular weight excluding hydrogens is 240 g/mol. The predicted molar refractivity (Wildman–Crippen MR) is 75.1 cm³/mol. The molecule has 1 amide bonds. The Balaban J connectivity index is 1.99. The van der Waals surface area contributed by atoms with E-state index < -0.39 is 0 Å². The number of hydrogen-bond donors (Lipinski definition) is 3. The van der Waals surface area contributed by atoms with Crippen LogP contribution in [0.2, 0.25) is 0 Å². The van der Waals surface area contributed by atoms with Crippen molar-refractivity contribution in [3.63, 3.8) is 0 Å². The van der Waals surface area contributed by atoms with Gasteiger partial charge in [0.15, 0.2) is 0 Å². The predicted octanol–water partition coefficient (Wildman–Crippen LogP) is 1.22. The van der Waals surface area contributed by atoms with Crippen LogP contribution in [-0.2, 0) is 13.0 Å². The minimum absolute atomic E-state index is 0.0259. The van der Waals surface area contributed by atoms with E-state index in [4.69, 9.17) is 0 Å². The van der Waals surface area contributed by atoms with Crippen LogP contribution in [0.4, 0.5) is 0 Å². The molecule has 0 radical (unpaired) electrons. The van der Waals surface area contributed by atoms with Crippen molar-refractivity contribution >= 4 is 5.91 Å². The average Bonchev–Trinajstić information content (AvgIpc) is 2.46. The highest BCUT2D eigenvalue weighted by molar-refractivity contribution is 5.96. The second-order valence-corrected chi connectivity index (χ2v) is 4.98. The van der Waals surface area contributed by atoms with Crippen LogP contribution in [0.25, 0.3) is 0 Å². The molecule has 0 saturated heterocycles. The summed E-state index contributed by atoms with van der Waals surface area (Å²) in [7, 11) is 0. The van der Waals surface area contributed by atoms with Gasteiger partial charge in [-0.2, -0.15) is 0 Å². The summed E-state index contributed by atoms with van der Waals surface area (Å²) in [4.78, 5) is 12.2. The van der Waals surface area contributed by atoms with Crippen molar-refractivity contribution in [2.75, 3.05) is 13.1 Å². The molecule has 2 rings (SSSR count). The van der Waals surface area contributed by atoms with Crippen molar-refractivity contribution in [2.24, 2.45) is 0 Å². The van der Waals surface area contributed by atoms with Crippen LogP contribution in [0.15, 0.2) is 18.2 Å². The van der Waals surface area contributed by atoms with E-state index in [0.29, 0.717) is 13.0 Å². The van der Waals surface area contributed by atoms with E-state index >= 15 is 0 Å². The number of amides is 1. The van der Waals surface area contributed by atoms with Gasteiger partial charge in [-0.05, 0) is 43.0 Å². The summed E-state index contributed by atoms with van der Waals surface area (Å²) in [6.45, 7) is 4.22. The first-order valence-corrected chi connectivity index (χ1v) is 7.00. The molecule has 3 N–H and O–H groups in total. The Morgan fingerprint density at radius 3 is 3.16 bits per heavy atom. The number of carbonyl (C=O) groups excluding carboxylic acids is 1. The number of aliphatic hydroxyl groups excluding tert-OH is 1. The van der Waals surface area contributed by atoms with E-state index in [1.807, 2.05) is 19.1 Å². The summed E-state index contributed by atoms with van der Waals surface area (Å²) in [5, 5.41) is 15.7. The maximum absolute atomic E-state index is 12.2. The van der Waals surface area contributed by atoms with Gasteiger partial charge in [0.05, 0.1) is 6.10 Å². The lowest BCUT2D eigenvalue weighted by molar-refractivity contribution is 0.0940. The van der Waals surface area contributed by atoms with Crippen LogP contribution in [-0.4, -0.2) is 30.2 Å². The maximum Gasteiger partial charge on any atom is 0.251 e. The highest BCUT2D eigenvalue weighted by Gasteiger charge is 2.16. The van der Waals surface area contributed by atoms with E-state index in [0.717, 1.165) is 37.1 Å². The van der Waals surface area contributed by atoms with Crippen molar-refractivity contribution in [2.45, 2.75) is 38.8 Å². The molecule has 0 aromatic heterocycles. The van der Waals surface area contributed by atoms with Crippen molar-refractivity contribution < 1.29 is 9.90 Å². The van der Waals surface area contributed by atoms with E-state index in [2.05, 4.69) is 16.7 Å². The number of aliphatic hydroxyl groups is 1. The van der Waals surface area contributed by atoms with Gasteiger partial charge in [-0.25, -0.2) is 0 Å². The summed E-state index contributed by atoms with van der Waals surface area (Å²) in [6.07, 6.45) is 1.91. The Labute approximate surface area is 114 Å². The number of fused-ring (bicyclic) bond motifs is 1. The first kappa shape index (κ1) is 14.0. The van der Waals surface area contributed by atoms with E-state index in [9.17, 15) is 9.90 Å². The van der Waals surface area contributed by atoms with Crippen molar-refractivity contribution in [1.82, 2.24) is 10.6 Å². The van der Waals surface area contributed by atoms with Crippen LogP contribution < -0.4 is 10.6 Å². The smallest absolute Gasteiger partial charge is 0.251 e. The van der Waals surface area contributed by atoms with Crippen molar-refractivity contribution in [3.8, 4) is 0 Å². The van der Waals surface area contributed by atoms with Crippen molar-refractivity contribution in [1.29, 1.82) is 0 Å². The Morgan fingerprint density at radius 2 is 2.37 bits per heavy atom. The van der Waals surface area contributed by atoms with Crippen LogP contribution in [0.3, 0.4) is 0 Å². The first-order valence-electron chi connectivity index (χ1n) is 7.00. The SMILES string of the molecule is CCC(O)CCNC(=O)c1cccc2c1CCNC2. The lowest BCUT2D eigenvalue weighted by Crippen LogP contribution is -2.31. The summed E-state index contributed by atoms with van der Waals surface area (Å²) in [5.41, 5.74) is 3.16. The normalized spacial score (nSPS) is 15.7. The van der Waals surface area contributed by atoms with E-state index in [-0.39, 0.29) is 12.0 Å². The largest absolute Gasteiger partial charge is 0.393 e. The fraction of sp³-hybridized carbons (Fsp3) is 0.533. The number of rotatable bonds is 5. The molecule has 0 aliphatic carbocycles. The molecule has 1 aromatic rings. The monoisotopic (exact) mass is 262 g/mol. The quantitative estimate of drug-likeness (QED) is 0.748. The van der Waals surface area contributed by atoms with Gasteiger partial charge >= 0.3 is 0 Å². The van der Waals surface area contributed by atoms with Gasteiger partial charge < -0.3 is 15.7 Å². The molecule has 19 heavy (non-hydrogen) atoms. The molecule has 104 valence electrons. The summed E-state index contributed by atoms with van der Waals surface area (Å²) < 4.78 is 0. The zero-order chi connectivity index (χ0) is 13.7. The van der Waals surface area contributed by atoms with Gasteiger partial charge in [0.1, 0.15) is 0 Å². The molecule has 0 bridgehead atoms. The topological polar surface area (TPSA) is 61.4 Å². The van der Waals surface area contributed by atoms with E-state index in [1.165, 1.54) is 5.56 Å². The molecule has 1 aromatic carbocycles. The highest BCUT2D eigenvalue weighted by Crippen LogP contribution is 2.18. The molecule has 4 nitrogen and oxygen atoms in total. The van der Waals surface area contributed by atoms with Crippen LogP contribution in [0, 0.1) is 0 Å². The molecule has 0 fully saturated rings. The van der Waals surface area contributed by atoms with Crippen molar-refractivity contribution in [3.05, 3.63) is 34.9 Å². The summed E-state index contributed by atoms with van der Waals surface area (Å²) in [6, 6.07) is 5.89. The second kappa shape index (κ2) is 6.68. The fourth-order valence-corrected chi connectivity index (χ4v) is 2.40. The van der Waals surface area contributed by atoms with Gasteiger partial charge in [-0.15, -0.1) is 0 Å². The highest BCUT2D eigenvalue weighted by atomic mass is 16.3. The maximum atomic E-state index is 12.2. The minimum Gasteiger partial charge on any atom is -0.393 e. The molecule has 0 saturated carbocycles. The molecular formula is C15H22N2O2. The van der Waals surface area contributed by atoms with Gasteiger partial charge in [0.2, 0.25) is 0 Å². The molecule has 0 spiro atoms. The van der Waals surface area contributed by atoms with E-state index in [1.54, 1.807) is 0 Å². The Kier molecular flexibility index (Phi) is 4.93. The number of carbonyl (C=O) groups is 1. The second-order valence-electron chi connectivity index (χ2n) is 4.98. The minimum atomic E-state index is -0.325. The third-order valence-electron chi connectivity index (χ3n) is 3.62. The third kappa shape index (κ3) is 3.55. The number of benzene rings is 1. The average molecular weight is 262 g/mol. The zero-order valence-electron chi connectivity index (χ0n) is 11.4. The van der Waals surface area contributed by atoms with Crippen LogP contribution >= 0.6 is 0 Å². The molecule has 1 atom stereocenters. The van der Waals surface area contributed by atoms with Gasteiger partial charge in [0.25, 0.3) is 5.91 Å². The number of hydrogen-bond acceptors (Lipinski definition) is 3. The lowest BCUT2D eigenvalue weighted by atomic mass is 9.95. The first-order chi connectivity index (χ1) is 9.22. The molecule has 4 heteroatoms. The lowest BCUT2D eigenvalue weighted by Gasteiger charge is -2.20. The van der Waals surface area contributed by atoms with Crippen LogP contribution in [0.1, 0.15) is 41.3 Å². The summed E-state index contributed by atoms with van der Waals surface area (Å²) in [5.74, 6) is -0.0259. The zero-order valence-corrected chi connectivity index (χ0v) is 11.4. The number of nitrogens with one attached hydrogen (secondary N) is 2. The molecule has 1 heterocycles. The van der Waals surface area contributed by atoms with Crippen LogP contribution in [0.5, 0.6) is 0 Å². The Hall–Kier alpha value is -1.39. The fourth-order valence-electron chi connectivity index (χ4n) is 2.40. The Bertz CT molecular complexity index is 446. The van der Waals surface area contributed by atoms with Gasteiger partial charge in [-0.1, -0.05) is 19.1 Å². The molecule has 1 aliphatic rings. The van der Waals surface area contributed by atoms with Gasteiger partial charge in [-0.3, -0.25) is 4.79 Å². The standard InChI is InChI=1S/C15H22N2O2/c1-2-12(18)6-9-17-15(19)14-5-3-4-11-10-16-8-7-13(11)14/h3-5,12,16,18H,2,6-10H2,1H3,(H,17,19). The third-order valence-corrected chi connectivity index (χ3v) is 3.62.